The van der Waals surface area contributed by atoms with Gasteiger partial charge in [0.1, 0.15) is 11.7 Å². The quantitative estimate of drug-likeness (QED) is 0.407. The number of hydrogen-bond donors (Lipinski definition) is 0. The second kappa shape index (κ2) is 8.09. The normalized spacial score (nSPS) is 12.8. The molecule has 1 heterocycles. The van der Waals surface area contributed by atoms with Crippen molar-refractivity contribution in [2.45, 2.75) is 26.7 Å². The lowest BCUT2D eigenvalue weighted by Crippen LogP contribution is -2.20. The van der Waals surface area contributed by atoms with Crippen LogP contribution in [0.25, 0.3) is 20.2 Å². The molecule has 5 heteroatoms. The predicted octanol–water partition coefficient (Wildman–Crippen LogP) is 6.06. The minimum atomic E-state index is 0.914. The summed E-state index contributed by atoms with van der Waals surface area (Å²) in [4.78, 5) is 13.9. The van der Waals surface area contributed by atoms with Gasteiger partial charge in [0.2, 0.25) is 0 Å². The van der Waals surface area contributed by atoms with Crippen LogP contribution in [0.1, 0.15) is 26.7 Å². The van der Waals surface area contributed by atoms with Crippen LogP contribution in [0.2, 0.25) is 0 Å². The molecular weight excluding hydrogens is 352 g/mol. The minimum Gasteiger partial charge on any atom is -0.366 e. The van der Waals surface area contributed by atoms with Gasteiger partial charge in [-0.15, -0.1) is 11.3 Å². The fourth-order valence-corrected chi connectivity index (χ4v) is 4.35. The summed E-state index contributed by atoms with van der Waals surface area (Å²) in [6.45, 7) is 4.28. The first kappa shape index (κ1) is 19.4. The molecule has 0 aliphatic carbocycles. The zero-order valence-electron chi connectivity index (χ0n) is 17.1. The Morgan fingerprint density at radius 2 is 1.52 bits per heavy atom. The van der Waals surface area contributed by atoms with E-state index in [9.17, 15) is 0 Å². The molecule has 4 nitrogen and oxygen atoms in total. The van der Waals surface area contributed by atoms with Gasteiger partial charge in [-0.25, -0.2) is 9.98 Å². The maximum atomic E-state index is 4.93. The van der Waals surface area contributed by atoms with E-state index in [1.807, 2.05) is 39.5 Å². The number of aliphatic imine (C=N–C) groups is 2. The van der Waals surface area contributed by atoms with E-state index in [4.69, 9.17) is 9.98 Å². The molecule has 0 amide bonds. The highest BCUT2D eigenvalue weighted by Gasteiger charge is 2.11. The van der Waals surface area contributed by atoms with E-state index in [2.05, 4.69) is 60.0 Å². The average Bonchev–Trinajstić information content (AvgIpc) is 3.02. The van der Waals surface area contributed by atoms with Crippen LogP contribution in [0.4, 0.5) is 11.4 Å². The fraction of sp³-hybridized carbons (Fsp3) is 0.364. The van der Waals surface area contributed by atoms with E-state index in [1.54, 1.807) is 0 Å². The highest BCUT2D eigenvalue weighted by Crippen LogP contribution is 2.40. The summed E-state index contributed by atoms with van der Waals surface area (Å²) >= 11 is 1.81. The summed E-state index contributed by atoms with van der Waals surface area (Å²) in [5.41, 5.74) is 2.05. The van der Waals surface area contributed by atoms with E-state index in [0.717, 1.165) is 35.9 Å². The van der Waals surface area contributed by atoms with Gasteiger partial charge in [0.25, 0.3) is 0 Å². The van der Waals surface area contributed by atoms with Crippen molar-refractivity contribution in [1.82, 2.24) is 9.80 Å². The maximum absolute atomic E-state index is 4.93. The molecule has 0 aliphatic rings. The Morgan fingerprint density at radius 3 is 2.15 bits per heavy atom. The Bertz CT molecular complexity index is 1010. The van der Waals surface area contributed by atoms with Crippen molar-refractivity contribution in [3.05, 3.63) is 36.4 Å². The van der Waals surface area contributed by atoms with E-state index >= 15 is 0 Å². The van der Waals surface area contributed by atoms with E-state index in [-0.39, 0.29) is 0 Å². The predicted molar refractivity (Wildman–Crippen MR) is 121 cm³/mol. The third-order valence-corrected chi connectivity index (χ3v) is 5.84. The number of fused-ring (bicyclic) bond motifs is 3. The number of hydrogen-bond acceptors (Lipinski definition) is 3. The molecule has 2 aromatic carbocycles. The number of amidine groups is 2. The highest BCUT2D eigenvalue weighted by molar-refractivity contribution is 7.26. The van der Waals surface area contributed by atoms with Crippen molar-refractivity contribution < 1.29 is 0 Å². The van der Waals surface area contributed by atoms with E-state index < -0.39 is 0 Å². The molecule has 0 unspecified atom stereocenters. The first-order chi connectivity index (χ1) is 12.9. The van der Waals surface area contributed by atoms with Crippen LogP contribution < -0.4 is 0 Å². The van der Waals surface area contributed by atoms with Crippen molar-refractivity contribution >= 4 is 54.6 Å². The summed E-state index contributed by atoms with van der Waals surface area (Å²) in [7, 11) is 8.18. The number of rotatable bonds is 4. The SMILES string of the molecule is CCC(=Nc1ccc2sc3c(N=C(CC)N(C)C)cccc3c2c1)N(C)C. The fourth-order valence-electron chi connectivity index (χ4n) is 3.21. The molecule has 0 spiro atoms. The zero-order chi connectivity index (χ0) is 19.6. The topological polar surface area (TPSA) is 31.2 Å². The second-order valence-corrected chi connectivity index (χ2v) is 8.04. The van der Waals surface area contributed by atoms with Gasteiger partial charge in [-0.1, -0.05) is 26.0 Å². The molecule has 0 fully saturated rings. The van der Waals surface area contributed by atoms with Crippen molar-refractivity contribution in [3.8, 4) is 0 Å². The van der Waals surface area contributed by atoms with Crippen LogP contribution in [0, 0.1) is 0 Å². The summed E-state index contributed by atoms with van der Waals surface area (Å²) in [6.07, 6.45) is 1.83. The van der Waals surface area contributed by atoms with Gasteiger partial charge < -0.3 is 9.80 Å². The van der Waals surface area contributed by atoms with E-state index in [0.29, 0.717) is 0 Å². The van der Waals surface area contributed by atoms with Crippen LogP contribution in [0.5, 0.6) is 0 Å². The molecule has 0 N–H and O–H groups in total. The molecule has 1 aromatic heterocycles. The van der Waals surface area contributed by atoms with Crippen LogP contribution in [0.15, 0.2) is 46.4 Å². The lowest BCUT2D eigenvalue weighted by Gasteiger charge is -2.14. The van der Waals surface area contributed by atoms with Gasteiger partial charge in [-0.05, 0) is 24.3 Å². The average molecular weight is 381 g/mol. The van der Waals surface area contributed by atoms with Gasteiger partial charge in [0.15, 0.2) is 0 Å². The lowest BCUT2D eigenvalue weighted by molar-refractivity contribution is 0.608. The van der Waals surface area contributed by atoms with Crippen LogP contribution >= 0.6 is 11.3 Å². The molecule has 0 atom stereocenters. The van der Waals surface area contributed by atoms with Crippen LogP contribution in [0.3, 0.4) is 0 Å². The van der Waals surface area contributed by atoms with Gasteiger partial charge in [0, 0.05) is 56.5 Å². The molecule has 142 valence electrons. The summed E-state index contributed by atoms with van der Waals surface area (Å²) in [5.74, 6) is 2.17. The largest absolute Gasteiger partial charge is 0.366 e. The molecule has 3 aromatic rings. The molecule has 0 saturated carbocycles. The van der Waals surface area contributed by atoms with Gasteiger partial charge in [0.05, 0.1) is 16.1 Å². The summed E-state index contributed by atoms with van der Waals surface area (Å²) in [5, 5.41) is 2.51. The Hall–Kier alpha value is -2.40. The molecule has 3 rings (SSSR count). The highest BCUT2D eigenvalue weighted by atomic mass is 32.1. The van der Waals surface area contributed by atoms with Crippen LogP contribution in [-0.4, -0.2) is 49.7 Å². The van der Waals surface area contributed by atoms with Crippen molar-refractivity contribution in [3.63, 3.8) is 0 Å². The first-order valence-corrected chi connectivity index (χ1v) is 10.2. The third-order valence-electron chi connectivity index (χ3n) is 4.63. The summed E-state index contributed by atoms with van der Waals surface area (Å²) in [6, 6.07) is 12.9. The molecule has 27 heavy (non-hydrogen) atoms. The molecule has 0 radical (unpaired) electrons. The van der Waals surface area contributed by atoms with Gasteiger partial charge in [-0.3, -0.25) is 0 Å². The Labute approximate surface area is 165 Å². The van der Waals surface area contributed by atoms with Crippen LogP contribution in [-0.2, 0) is 0 Å². The van der Waals surface area contributed by atoms with Crippen molar-refractivity contribution in [2.24, 2.45) is 9.98 Å². The van der Waals surface area contributed by atoms with Gasteiger partial charge in [-0.2, -0.15) is 0 Å². The molecule has 0 aliphatic heterocycles. The zero-order valence-corrected chi connectivity index (χ0v) is 17.9. The molecule has 0 saturated heterocycles. The van der Waals surface area contributed by atoms with Crippen molar-refractivity contribution in [1.29, 1.82) is 0 Å². The van der Waals surface area contributed by atoms with Crippen molar-refractivity contribution in [2.75, 3.05) is 28.2 Å². The number of thiophene rings is 1. The second-order valence-electron chi connectivity index (χ2n) is 6.99. The molecular formula is C22H28N4S. The Kier molecular flexibility index (Phi) is 5.80. The Morgan fingerprint density at radius 1 is 0.852 bits per heavy atom. The number of nitrogens with zero attached hydrogens (tertiary/aromatic N) is 4. The minimum absolute atomic E-state index is 0.914. The van der Waals surface area contributed by atoms with Gasteiger partial charge >= 0.3 is 0 Å². The monoisotopic (exact) mass is 380 g/mol. The molecule has 0 bridgehead atoms. The smallest absolute Gasteiger partial charge is 0.104 e. The number of benzene rings is 2. The van der Waals surface area contributed by atoms with E-state index in [1.165, 1.54) is 20.2 Å². The first-order valence-electron chi connectivity index (χ1n) is 9.39. The Balaban J connectivity index is 2.16. The third kappa shape index (κ3) is 3.98. The summed E-state index contributed by atoms with van der Waals surface area (Å²) < 4.78 is 2.52. The lowest BCUT2D eigenvalue weighted by atomic mass is 10.1. The maximum Gasteiger partial charge on any atom is 0.104 e. The standard InChI is InChI=1S/C22H28N4S/c1-7-20(25(3)4)23-15-12-13-19-17(14-15)16-10-9-11-18(22(16)27-19)24-21(8-2)26(5)6/h9-14H,7-8H2,1-6H3.